The summed E-state index contributed by atoms with van der Waals surface area (Å²) in [6, 6.07) is 2.09. The van der Waals surface area contributed by atoms with Gasteiger partial charge in [0.1, 0.15) is 0 Å². The Hall–Kier alpha value is -0.760. The van der Waals surface area contributed by atoms with Gasteiger partial charge in [-0.05, 0) is 45.6 Å². The van der Waals surface area contributed by atoms with Crippen LogP contribution in [0.2, 0.25) is 0 Å². The summed E-state index contributed by atoms with van der Waals surface area (Å²) in [4.78, 5) is 0. The van der Waals surface area contributed by atoms with Gasteiger partial charge in [0.15, 0.2) is 0 Å². The van der Waals surface area contributed by atoms with Crippen LogP contribution in [0.15, 0.2) is 12.3 Å². The molecular formula is C13H21NO. The van der Waals surface area contributed by atoms with Gasteiger partial charge in [0, 0.05) is 23.0 Å². The number of nitrogens with zero attached hydrogens (tertiary/aromatic N) is 1. The van der Waals surface area contributed by atoms with Crippen LogP contribution in [0, 0.1) is 0 Å². The Morgan fingerprint density at radius 2 is 2.27 bits per heavy atom. The lowest BCUT2D eigenvalue weighted by Crippen LogP contribution is -2.27. The van der Waals surface area contributed by atoms with Gasteiger partial charge in [-0.3, -0.25) is 0 Å². The summed E-state index contributed by atoms with van der Waals surface area (Å²) < 4.78 is 2.35. The first-order valence-corrected chi connectivity index (χ1v) is 5.95. The fraction of sp³-hybridized carbons (Fsp3) is 0.692. The van der Waals surface area contributed by atoms with Crippen molar-refractivity contribution < 1.29 is 5.11 Å². The Morgan fingerprint density at radius 3 is 2.93 bits per heavy atom. The Bertz CT molecular complexity index is 351. The van der Waals surface area contributed by atoms with E-state index in [4.69, 9.17) is 0 Å². The van der Waals surface area contributed by atoms with Gasteiger partial charge in [-0.15, -0.1) is 0 Å². The monoisotopic (exact) mass is 207 g/mol. The molecule has 0 bridgehead atoms. The minimum atomic E-state index is -0.234. The molecule has 2 heteroatoms. The molecule has 0 saturated carbocycles. The Kier molecular flexibility index (Phi) is 2.63. The summed E-state index contributed by atoms with van der Waals surface area (Å²) in [6.45, 7) is 6.73. The van der Waals surface area contributed by atoms with Gasteiger partial charge in [0.25, 0.3) is 0 Å². The zero-order valence-electron chi connectivity index (χ0n) is 9.95. The summed E-state index contributed by atoms with van der Waals surface area (Å²) in [5.74, 6) is 0. The van der Waals surface area contributed by atoms with Crippen LogP contribution in [0.25, 0.3) is 0 Å². The molecule has 1 N–H and O–H groups in total. The Morgan fingerprint density at radius 1 is 1.53 bits per heavy atom. The lowest BCUT2D eigenvalue weighted by Gasteiger charge is -2.30. The smallest absolute Gasteiger partial charge is 0.0807 e. The van der Waals surface area contributed by atoms with Crippen molar-refractivity contribution in [2.24, 2.45) is 0 Å². The molecule has 15 heavy (non-hydrogen) atoms. The SMILES string of the molecule is CCC(C)(C)n1ccc2c1CCCC2O. The van der Waals surface area contributed by atoms with Crippen molar-refractivity contribution in [3.05, 3.63) is 23.5 Å². The predicted octanol–water partition coefficient (Wildman–Crippen LogP) is 3.00. The van der Waals surface area contributed by atoms with Crippen molar-refractivity contribution in [2.45, 2.75) is 58.1 Å². The van der Waals surface area contributed by atoms with Crippen LogP contribution < -0.4 is 0 Å². The maximum absolute atomic E-state index is 9.90. The molecule has 2 rings (SSSR count). The molecule has 0 aliphatic heterocycles. The maximum atomic E-state index is 9.90. The predicted molar refractivity (Wildman–Crippen MR) is 61.9 cm³/mol. The molecule has 1 atom stereocenters. The van der Waals surface area contributed by atoms with E-state index in [-0.39, 0.29) is 11.6 Å². The number of rotatable bonds is 2. The van der Waals surface area contributed by atoms with Crippen LogP contribution >= 0.6 is 0 Å². The van der Waals surface area contributed by atoms with Crippen LogP contribution in [0.5, 0.6) is 0 Å². The molecular weight excluding hydrogens is 186 g/mol. The highest BCUT2D eigenvalue weighted by Crippen LogP contribution is 2.34. The molecule has 0 saturated heterocycles. The molecule has 0 aromatic carbocycles. The first-order valence-electron chi connectivity index (χ1n) is 5.95. The average molecular weight is 207 g/mol. The number of aromatic nitrogens is 1. The van der Waals surface area contributed by atoms with Gasteiger partial charge in [0.05, 0.1) is 6.10 Å². The summed E-state index contributed by atoms with van der Waals surface area (Å²) in [6.07, 6.45) is 6.17. The van der Waals surface area contributed by atoms with E-state index in [0.29, 0.717) is 0 Å². The summed E-state index contributed by atoms with van der Waals surface area (Å²) in [7, 11) is 0. The van der Waals surface area contributed by atoms with Gasteiger partial charge >= 0.3 is 0 Å². The van der Waals surface area contributed by atoms with Gasteiger partial charge in [-0.1, -0.05) is 6.92 Å². The number of hydrogen-bond donors (Lipinski definition) is 1. The summed E-state index contributed by atoms with van der Waals surface area (Å²) >= 11 is 0. The van der Waals surface area contributed by atoms with Crippen molar-refractivity contribution in [1.29, 1.82) is 0 Å². The highest BCUT2D eigenvalue weighted by atomic mass is 16.3. The first kappa shape index (κ1) is 10.7. The normalized spacial score (nSPS) is 21.5. The molecule has 0 fully saturated rings. The molecule has 0 spiro atoms. The Labute approximate surface area is 91.9 Å². The van der Waals surface area contributed by atoms with E-state index in [1.807, 2.05) is 0 Å². The highest BCUT2D eigenvalue weighted by Gasteiger charge is 2.26. The van der Waals surface area contributed by atoms with Crippen LogP contribution in [-0.2, 0) is 12.0 Å². The first-order chi connectivity index (χ1) is 7.06. The second kappa shape index (κ2) is 3.67. The molecule has 84 valence electrons. The van der Waals surface area contributed by atoms with Crippen molar-refractivity contribution in [2.75, 3.05) is 0 Å². The lowest BCUT2D eigenvalue weighted by atomic mass is 9.93. The summed E-state index contributed by atoms with van der Waals surface area (Å²) in [5, 5.41) is 9.90. The van der Waals surface area contributed by atoms with E-state index in [0.717, 1.165) is 31.2 Å². The second-order valence-corrected chi connectivity index (χ2v) is 5.16. The van der Waals surface area contributed by atoms with E-state index in [1.54, 1.807) is 0 Å². The van der Waals surface area contributed by atoms with Crippen LogP contribution in [0.3, 0.4) is 0 Å². The van der Waals surface area contributed by atoms with Crippen molar-refractivity contribution in [3.63, 3.8) is 0 Å². The third-order valence-electron chi connectivity index (χ3n) is 3.79. The van der Waals surface area contributed by atoms with E-state index in [9.17, 15) is 5.11 Å². The molecule has 2 nitrogen and oxygen atoms in total. The molecule has 1 unspecified atom stereocenters. The number of fused-ring (bicyclic) bond motifs is 1. The standard InChI is InChI=1S/C13H21NO/c1-4-13(2,3)14-9-8-10-11(14)6-5-7-12(10)15/h8-9,12,15H,4-7H2,1-3H3. The summed E-state index contributed by atoms with van der Waals surface area (Å²) in [5.41, 5.74) is 2.67. The van der Waals surface area contributed by atoms with Crippen LogP contribution in [0.1, 0.15) is 57.4 Å². The van der Waals surface area contributed by atoms with Crippen molar-refractivity contribution in [3.8, 4) is 0 Å². The average Bonchev–Trinajstić information content (AvgIpc) is 2.63. The molecule has 1 aliphatic rings. The number of aliphatic hydroxyl groups excluding tert-OH is 1. The fourth-order valence-electron chi connectivity index (χ4n) is 2.40. The van der Waals surface area contributed by atoms with Gasteiger partial charge < -0.3 is 9.67 Å². The number of hydrogen-bond acceptors (Lipinski definition) is 1. The molecule has 0 radical (unpaired) electrons. The fourth-order valence-corrected chi connectivity index (χ4v) is 2.40. The van der Waals surface area contributed by atoms with Gasteiger partial charge in [0.2, 0.25) is 0 Å². The minimum absolute atomic E-state index is 0.171. The van der Waals surface area contributed by atoms with E-state index >= 15 is 0 Å². The molecule has 1 aliphatic carbocycles. The zero-order valence-corrected chi connectivity index (χ0v) is 9.95. The van der Waals surface area contributed by atoms with Crippen LogP contribution in [-0.4, -0.2) is 9.67 Å². The molecule has 1 heterocycles. The lowest BCUT2D eigenvalue weighted by molar-refractivity contribution is 0.154. The quantitative estimate of drug-likeness (QED) is 0.792. The van der Waals surface area contributed by atoms with E-state index < -0.39 is 0 Å². The van der Waals surface area contributed by atoms with E-state index in [2.05, 4.69) is 37.6 Å². The topological polar surface area (TPSA) is 25.2 Å². The van der Waals surface area contributed by atoms with Crippen molar-refractivity contribution in [1.82, 2.24) is 4.57 Å². The highest BCUT2D eigenvalue weighted by molar-refractivity contribution is 5.28. The largest absolute Gasteiger partial charge is 0.388 e. The van der Waals surface area contributed by atoms with Crippen molar-refractivity contribution >= 4 is 0 Å². The third-order valence-corrected chi connectivity index (χ3v) is 3.79. The molecule has 1 aromatic rings. The molecule has 0 amide bonds. The number of aliphatic hydroxyl groups is 1. The third kappa shape index (κ3) is 1.71. The van der Waals surface area contributed by atoms with E-state index in [1.165, 1.54) is 5.69 Å². The van der Waals surface area contributed by atoms with Gasteiger partial charge in [-0.2, -0.15) is 0 Å². The van der Waals surface area contributed by atoms with Crippen LogP contribution in [0.4, 0.5) is 0 Å². The zero-order chi connectivity index (χ0) is 11.1. The second-order valence-electron chi connectivity index (χ2n) is 5.16. The Balaban J connectivity index is 2.43. The minimum Gasteiger partial charge on any atom is -0.388 e. The molecule has 1 aromatic heterocycles. The maximum Gasteiger partial charge on any atom is 0.0807 e. The van der Waals surface area contributed by atoms with Gasteiger partial charge in [-0.25, -0.2) is 0 Å².